The Hall–Kier alpha value is -3.23. The van der Waals surface area contributed by atoms with Crippen LogP contribution in [0.2, 0.25) is 0 Å². The van der Waals surface area contributed by atoms with Crippen molar-refractivity contribution in [3.63, 3.8) is 0 Å². The molecule has 0 fully saturated rings. The van der Waals surface area contributed by atoms with E-state index in [0.29, 0.717) is 33.9 Å². The van der Waals surface area contributed by atoms with Gasteiger partial charge in [-0.05, 0) is 57.7 Å². The first-order valence-electron chi connectivity index (χ1n) is 10.3. The predicted molar refractivity (Wildman–Crippen MR) is 128 cm³/mol. The molecule has 0 radical (unpaired) electrons. The number of aryl methyl sites for hydroxylation is 1. The largest absolute Gasteiger partial charge is 0.494 e. The van der Waals surface area contributed by atoms with Crippen molar-refractivity contribution in [3.8, 4) is 5.75 Å². The summed E-state index contributed by atoms with van der Waals surface area (Å²) in [5.41, 5.74) is 1.56. The second kappa shape index (κ2) is 9.10. The van der Waals surface area contributed by atoms with E-state index in [1.807, 2.05) is 45.3 Å². The van der Waals surface area contributed by atoms with Crippen molar-refractivity contribution in [1.29, 1.82) is 0 Å². The number of thiazole rings is 1. The van der Waals surface area contributed by atoms with Crippen LogP contribution in [0, 0.1) is 6.92 Å². The van der Waals surface area contributed by atoms with Gasteiger partial charge in [-0.3, -0.25) is 9.69 Å². The zero-order valence-corrected chi connectivity index (χ0v) is 19.4. The van der Waals surface area contributed by atoms with Crippen LogP contribution >= 0.6 is 11.3 Å². The quantitative estimate of drug-likeness (QED) is 0.390. The molecule has 0 atom stereocenters. The molecule has 2 aromatic carbocycles. The second-order valence-corrected chi connectivity index (χ2v) is 8.84. The molecular weight excluding hydrogens is 426 g/mol. The lowest BCUT2D eigenvalue weighted by Gasteiger charge is -2.20. The maximum absolute atomic E-state index is 13.6. The van der Waals surface area contributed by atoms with Crippen LogP contribution in [0.15, 0.2) is 51.7 Å². The van der Waals surface area contributed by atoms with E-state index in [2.05, 4.69) is 4.90 Å². The lowest BCUT2D eigenvalue weighted by atomic mass is 10.1. The van der Waals surface area contributed by atoms with Crippen LogP contribution in [0.3, 0.4) is 0 Å². The van der Waals surface area contributed by atoms with Crippen molar-refractivity contribution in [2.75, 3.05) is 39.2 Å². The smallest absolute Gasteiger partial charge is 0.349 e. The van der Waals surface area contributed by atoms with Gasteiger partial charge in [-0.15, -0.1) is 0 Å². The Morgan fingerprint density at radius 3 is 2.69 bits per heavy atom. The Balaban J connectivity index is 1.80. The maximum Gasteiger partial charge on any atom is 0.349 e. The Kier molecular flexibility index (Phi) is 6.25. The van der Waals surface area contributed by atoms with Crippen LogP contribution in [-0.2, 0) is 0 Å². The van der Waals surface area contributed by atoms with E-state index in [0.717, 1.165) is 23.2 Å². The van der Waals surface area contributed by atoms with Gasteiger partial charge in [0.25, 0.3) is 5.91 Å². The zero-order chi connectivity index (χ0) is 22.8. The monoisotopic (exact) mass is 451 g/mol. The normalized spacial score (nSPS) is 11.4. The minimum atomic E-state index is -0.652. The molecule has 32 heavy (non-hydrogen) atoms. The van der Waals surface area contributed by atoms with Crippen molar-refractivity contribution in [2.45, 2.75) is 13.3 Å². The molecule has 0 aliphatic heterocycles. The first kappa shape index (κ1) is 22.0. The van der Waals surface area contributed by atoms with Crippen LogP contribution in [0.5, 0.6) is 5.75 Å². The fourth-order valence-electron chi connectivity index (χ4n) is 3.56. The molecule has 4 aromatic rings. The van der Waals surface area contributed by atoms with Gasteiger partial charge >= 0.3 is 5.63 Å². The number of carbonyl (C=O) groups excluding carboxylic acids is 1. The number of aromatic nitrogens is 1. The molecule has 0 aliphatic carbocycles. The third-order valence-electron chi connectivity index (χ3n) is 5.25. The van der Waals surface area contributed by atoms with Gasteiger partial charge in [-0.25, -0.2) is 9.78 Å². The summed E-state index contributed by atoms with van der Waals surface area (Å²) in [6, 6.07) is 12.6. The molecule has 0 spiro atoms. The number of hydrogen-bond donors (Lipinski definition) is 0. The topological polar surface area (TPSA) is 75.9 Å². The first-order chi connectivity index (χ1) is 15.4. The Labute approximate surface area is 189 Å². The standard InChI is InChI=1S/C24H25N3O4S/c1-15-10-11-19(30-4)20-21(15)32-24(25-20)27(13-7-12-26(2)3)22(28)17-14-16-8-5-6-9-18(16)31-23(17)29/h5-6,8-11,14H,7,12-13H2,1-4H3. The summed E-state index contributed by atoms with van der Waals surface area (Å²) in [7, 11) is 5.56. The van der Waals surface area contributed by atoms with Gasteiger partial charge in [-0.2, -0.15) is 0 Å². The van der Waals surface area contributed by atoms with Crippen LogP contribution in [0.4, 0.5) is 5.13 Å². The van der Waals surface area contributed by atoms with E-state index in [4.69, 9.17) is 14.1 Å². The molecule has 4 rings (SSSR count). The van der Waals surface area contributed by atoms with Crippen LogP contribution < -0.4 is 15.3 Å². The second-order valence-electron chi connectivity index (χ2n) is 7.86. The molecular formula is C24H25N3O4S. The number of benzene rings is 2. The number of anilines is 1. The molecule has 0 bridgehead atoms. The van der Waals surface area contributed by atoms with Crippen molar-refractivity contribution in [3.05, 3.63) is 64.0 Å². The molecule has 7 nitrogen and oxygen atoms in total. The number of para-hydroxylation sites is 1. The van der Waals surface area contributed by atoms with E-state index in [1.54, 1.807) is 30.2 Å². The summed E-state index contributed by atoms with van der Waals surface area (Å²) < 4.78 is 11.8. The van der Waals surface area contributed by atoms with E-state index in [9.17, 15) is 9.59 Å². The molecule has 2 aromatic heterocycles. The van der Waals surface area contributed by atoms with Gasteiger partial charge in [-0.1, -0.05) is 35.6 Å². The van der Waals surface area contributed by atoms with E-state index < -0.39 is 11.5 Å². The predicted octanol–water partition coefficient (Wildman–Crippen LogP) is 4.32. The molecule has 0 unspecified atom stereocenters. The van der Waals surface area contributed by atoms with Gasteiger partial charge in [0.05, 0.1) is 11.8 Å². The molecule has 0 N–H and O–H groups in total. The maximum atomic E-state index is 13.6. The van der Waals surface area contributed by atoms with Gasteiger partial charge in [0.2, 0.25) is 0 Å². The molecule has 0 saturated carbocycles. The summed E-state index contributed by atoms with van der Waals surface area (Å²) in [5.74, 6) is 0.234. The van der Waals surface area contributed by atoms with Gasteiger partial charge in [0.1, 0.15) is 22.4 Å². The number of amides is 1. The van der Waals surface area contributed by atoms with E-state index >= 15 is 0 Å². The number of fused-ring (bicyclic) bond motifs is 2. The third-order valence-corrected chi connectivity index (χ3v) is 6.46. The van der Waals surface area contributed by atoms with E-state index in [1.165, 1.54) is 11.3 Å². The van der Waals surface area contributed by atoms with Crippen molar-refractivity contribution < 1.29 is 13.9 Å². The van der Waals surface area contributed by atoms with Crippen LogP contribution in [-0.4, -0.2) is 50.1 Å². The summed E-state index contributed by atoms with van der Waals surface area (Å²) in [4.78, 5) is 34.6. The summed E-state index contributed by atoms with van der Waals surface area (Å²) in [6.45, 7) is 3.22. The molecule has 2 heterocycles. The fourth-order valence-corrected chi connectivity index (χ4v) is 4.64. The van der Waals surface area contributed by atoms with Gasteiger partial charge in [0, 0.05) is 11.9 Å². The summed E-state index contributed by atoms with van der Waals surface area (Å²) in [6.07, 6.45) is 0.726. The minimum absolute atomic E-state index is 0.00324. The average Bonchev–Trinajstić information content (AvgIpc) is 3.22. The number of hydrogen-bond acceptors (Lipinski definition) is 7. The molecule has 8 heteroatoms. The van der Waals surface area contributed by atoms with Gasteiger partial charge in [0.15, 0.2) is 5.13 Å². The SMILES string of the molecule is COc1ccc(C)c2sc(N(CCCN(C)C)C(=O)c3cc4ccccc4oc3=O)nc12. The highest BCUT2D eigenvalue weighted by Gasteiger charge is 2.25. The number of nitrogens with zero attached hydrogens (tertiary/aromatic N) is 3. The molecule has 0 aliphatic rings. The fraction of sp³-hybridized carbons (Fsp3) is 0.292. The molecule has 1 amide bonds. The van der Waals surface area contributed by atoms with Crippen molar-refractivity contribution >= 4 is 43.6 Å². The lowest BCUT2D eigenvalue weighted by Crippen LogP contribution is -2.36. The highest BCUT2D eigenvalue weighted by atomic mass is 32.1. The highest BCUT2D eigenvalue weighted by molar-refractivity contribution is 7.22. The van der Waals surface area contributed by atoms with Crippen LogP contribution in [0.1, 0.15) is 22.3 Å². The number of carbonyl (C=O) groups is 1. The van der Waals surface area contributed by atoms with Crippen LogP contribution in [0.25, 0.3) is 21.2 Å². The Bertz CT molecular complexity index is 1340. The zero-order valence-electron chi connectivity index (χ0n) is 18.5. The Morgan fingerprint density at radius 1 is 1.16 bits per heavy atom. The first-order valence-corrected chi connectivity index (χ1v) is 11.1. The molecule has 166 valence electrons. The lowest BCUT2D eigenvalue weighted by molar-refractivity contribution is 0.0982. The highest BCUT2D eigenvalue weighted by Crippen LogP contribution is 2.36. The van der Waals surface area contributed by atoms with Crippen molar-refractivity contribution in [1.82, 2.24) is 9.88 Å². The van der Waals surface area contributed by atoms with Gasteiger partial charge < -0.3 is 14.1 Å². The summed E-state index contributed by atoms with van der Waals surface area (Å²) >= 11 is 1.42. The third kappa shape index (κ3) is 4.24. The van der Waals surface area contributed by atoms with Crippen molar-refractivity contribution in [2.24, 2.45) is 0 Å². The number of ether oxygens (including phenoxy) is 1. The number of rotatable bonds is 7. The molecule has 0 saturated heterocycles. The minimum Gasteiger partial charge on any atom is -0.494 e. The Morgan fingerprint density at radius 2 is 1.94 bits per heavy atom. The number of methoxy groups -OCH3 is 1. The van der Waals surface area contributed by atoms with E-state index in [-0.39, 0.29) is 5.56 Å². The average molecular weight is 452 g/mol. The summed E-state index contributed by atoms with van der Waals surface area (Å²) in [5, 5.41) is 1.23.